The summed E-state index contributed by atoms with van der Waals surface area (Å²) in [6.45, 7) is -0.213. The molecule has 0 fully saturated rings. The maximum Gasteiger partial charge on any atom is 0.241 e. The van der Waals surface area contributed by atoms with E-state index in [2.05, 4.69) is 14.8 Å². The molecule has 1 unspecified atom stereocenters. The minimum atomic E-state index is -3.81. The first kappa shape index (κ1) is 20.3. The molecule has 0 saturated heterocycles. The lowest BCUT2D eigenvalue weighted by Gasteiger charge is -2.18. The molecule has 0 bridgehead atoms. The number of aryl methyl sites for hydroxylation is 1. The van der Waals surface area contributed by atoms with Gasteiger partial charge in [-0.25, -0.2) is 17.5 Å². The highest BCUT2D eigenvalue weighted by Gasteiger charge is 2.26. The van der Waals surface area contributed by atoms with Gasteiger partial charge in [-0.3, -0.25) is 4.68 Å². The van der Waals surface area contributed by atoms with E-state index < -0.39 is 16.1 Å². The number of sulfonamides is 1. The van der Waals surface area contributed by atoms with Crippen LogP contribution in [0.2, 0.25) is 0 Å². The molecule has 2 aromatic heterocycles. The van der Waals surface area contributed by atoms with Crippen LogP contribution in [0.15, 0.2) is 65.8 Å². The van der Waals surface area contributed by atoms with E-state index in [1.807, 2.05) is 0 Å². The van der Waals surface area contributed by atoms with E-state index in [-0.39, 0.29) is 23.7 Å². The Balaban J connectivity index is 1.78. The van der Waals surface area contributed by atoms with Crippen LogP contribution in [-0.4, -0.2) is 34.9 Å². The van der Waals surface area contributed by atoms with Gasteiger partial charge in [0.15, 0.2) is 0 Å². The average Bonchev–Trinajstić information content (AvgIpc) is 3.31. The fourth-order valence-electron chi connectivity index (χ4n) is 3.53. The monoisotopic (exact) mass is 428 g/mol. The number of benzene rings is 2. The first-order chi connectivity index (χ1) is 14.4. The number of aliphatic hydroxyl groups is 1. The van der Waals surface area contributed by atoms with Crippen LogP contribution in [0.4, 0.5) is 4.39 Å². The van der Waals surface area contributed by atoms with E-state index in [1.165, 1.54) is 24.3 Å². The predicted octanol–water partition coefficient (Wildman–Crippen LogP) is 3.11. The molecule has 0 radical (unpaired) electrons. The van der Waals surface area contributed by atoms with Gasteiger partial charge in [0.05, 0.1) is 16.6 Å². The van der Waals surface area contributed by atoms with Gasteiger partial charge in [-0.2, -0.15) is 5.10 Å². The molecule has 9 heteroatoms. The molecule has 156 valence electrons. The molecule has 0 aliphatic rings. The minimum absolute atomic E-state index is 0.140. The summed E-state index contributed by atoms with van der Waals surface area (Å²) >= 11 is 0. The number of aromatic amines is 1. The Bertz CT molecular complexity index is 1280. The lowest BCUT2D eigenvalue weighted by molar-refractivity contribution is 0.273. The number of rotatable bonds is 7. The van der Waals surface area contributed by atoms with E-state index in [1.54, 1.807) is 48.4 Å². The van der Waals surface area contributed by atoms with Crippen molar-refractivity contribution in [1.29, 1.82) is 0 Å². The zero-order valence-electron chi connectivity index (χ0n) is 16.2. The fraction of sp³-hybridized carbons (Fsp3) is 0.190. The first-order valence-electron chi connectivity index (χ1n) is 9.38. The van der Waals surface area contributed by atoms with Crippen LogP contribution in [0.5, 0.6) is 0 Å². The van der Waals surface area contributed by atoms with Gasteiger partial charge in [-0.15, -0.1) is 0 Å². The number of hydrogen-bond acceptors (Lipinski definition) is 4. The largest absolute Gasteiger partial charge is 0.396 e. The molecule has 1 atom stereocenters. The summed E-state index contributed by atoms with van der Waals surface area (Å²) in [5.41, 5.74) is 2.52. The van der Waals surface area contributed by atoms with Crippen LogP contribution in [0, 0.1) is 5.82 Å². The summed E-state index contributed by atoms with van der Waals surface area (Å²) in [6.07, 6.45) is 3.62. The third-order valence-corrected chi connectivity index (χ3v) is 6.39. The molecule has 0 saturated carbocycles. The smallest absolute Gasteiger partial charge is 0.241 e. The fourth-order valence-corrected chi connectivity index (χ4v) is 4.80. The SMILES string of the molecule is Cn1cc(C(CCO)NS(=O)(=O)c2ccccc2)c(-c2c[nH]c3cc(F)ccc23)n1. The lowest BCUT2D eigenvalue weighted by atomic mass is 10.0. The standard InChI is InChI=1S/C21H21FN4O3S/c1-26-13-18(19(9-10-27)25-30(28,29)15-5-3-2-4-6-15)21(24-26)17-12-23-20-11-14(22)7-8-16(17)20/h2-8,11-13,19,23,25,27H,9-10H2,1H3. The Kier molecular flexibility index (Phi) is 5.42. The minimum Gasteiger partial charge on any atom is -0.396 e. The van der Waals surface area contributed by atoms with Gasteiger partial charge in [0.1, 0.15) is 5.82 Å². The van der Waals surface area contributed by atoms with Crippen LogP contribution in [0.1, 0.15) is 18.0 Å². The molecular formula is C21H21FN4O3S. The molecule has 0 aliphatic carbocycles. The van der Waals surface area contributed by atoms with Crippen molar-refractivity contribution < 1.29 is 17.9 Å². The normalized spacial score (nSPS) is 13.0. The van der Waals surface area contributed by atoms with Crippen LogP contribution >= 0.6 is 0 Å². The Morgan fingerprint density at radius 1 is 1.23 bits per heavy atom. The van der Waals surface area contributed by atoms with Crippen LogP contribution in [0.25, 0.3) is 22.2 Å². The maximum absolute atomic E-state index is 13.6. The molecule has 0 aliphatic heterocycles. The highest BCUT2D eigenvalue weighted by Crippen LogP contribution is 2.34. The van der Waals surface area contributed by atoms with Crippen LogP contribution in [-0.2, 0) is 17.1 Å². The third kappa shape index (κ3) is 3.87. The molecule has 2 heterocycles. The van der Waals surface area contributed by atoms with Gasteiger partial charge in [0.2, 0.25) is 10.0 Å². The summed E-state index contributed by atoms with van der Waals surface area (Å²) in [5, 5.41) is 14.9. The van der Waals surface area contributed by atoms with E-state index in [9.17, 15) is 17.9 Å². The second-order valence-electron chi connectivity index (χ2n) is 7.00. The molecule has 2 aromatic carbocycles. The van der Waals surface area contributed by atoms with Crippen molar-refractivity contribution in [3.8, 4) is 11.3 Å². The molecule has 4 rings (SSSR count). The van der Waals surface area contributed by atoms with E-state index in [4.69, 9.17) is 0 Å². The van der Waals surface area contributed by atoms with Crippen molar-refractivity contribution in [2.45, 2.75) is 17.4 Å². The number of aromatic nitrogens is 3. The zero-order valence-corrected chi connectivity index (χ0v) is 17.0. The molecule has 7 nitrogen and oxygen atoms in total. The van der Waals surface area contributed by atoms with Gasteiger partial charge in [0.25, 0.3) is 0 Å². The number of nitrogens with one attached hydrogen (secondary N) is 2. The molecule has 0 amide bonds. The van der Waals surface area contributed by atoms with Crippen molar-refractivity contribution in [3.63, 3.8) is 0 Å². The second kappa shape index (κ2) is 8.02. The highest BCUT2D eigenvalue weighted by atomic mass is 32.2. The number of aliphatic hydroxyl groups excluding tert-OH is 1. The highest BCUT2D eigenvalue weighted by molar-refractivity contribution is 7.89. The van der Waals surface area contributed by atoms with E-state index >= 15 is 0 Å². The molecule has 0 spiro atoms. The third-order valence-electron chi connectivity index (χ3n) is 4.90. The summed E-state index contributed by atoms with van der Waals surface area (Å²) in [4.78, 5) is 3.17. The Morgan fingerprint density at radius 2 is 2.00 bits per heavy atom. The van der Waals surface area contributed by atoms with Gasteiger partial charge in [-0.05, 0) is 36.8 Å². The van der Waals surface area contributed by atoms with Crippen LogP contribution < -0.4 is 4.72 Å². The summed E-state index contributed by atoms with van der Waals surface area (Å²) < 4.78 is 43.6. The number of hydrogen-bond donors (Lipinski definition) is 3. The summed E-state index contributed by atoms with van der Waals surface area (Å²) in [5.74, 6) is -0.356. The molecule has 30 heavy (non-hydrogen) atoms. The van der Waals surface area contributed by atoms with E-state index in [0.717, 1.165) is 10.9 Å². The number of H-pyrrole nitrogens is 1. The lowest BCUT2D eigenvalue weighted by Crippen LogP contribution is -2.29. The summed E-state index contributed by atoms with van der Waals surface area (Å²) in [6, 6.07) is 11.8. The quantitative estimate of drug-likeness (QED) is 0.421. The van der Waals surface area contributed by atoms with Gasteiger partial charge in [0, 0.05) is 48.1 Å². The van der Waals surface area contributed by atoms with Gasteiger partial charge >= 0.3 is 0 Å². The van der Waals surface area contributed by atoms with Crippen LogP contribution in [0.3, 0.4) is 0 Å². The van der Waals surface area contributed by atoms with E-state index in [0.29, 0.717) is 16.8 Å². The Morgan fingerprint density at radius 3 is 2.73 bits per heavy atom. The molecular weight excluding hydrogens is 407 g/mol. The van der Waals surface area contributed by atoms with Crippen molar-refractivity contribution >= 4 is 20.9 Å². The Labute approximate surface area is 173 Å². The van der Waals surface area contributed by atoms with Crippen molar-refractivity contribution in [2.75, 3.05) is 6.61 Å². The number of nitrogens with zero attached hydrogens (tertiary/aromatic N) is 2. The first-order valence-corrected chi connectivity index (χ1v) is 10.9. The van der Waals surface area contributed by atoms with Gasteiger partial charge < -0.3 is 10.1 Å². The molecule has 4 aromatic rings. The van der Waals surface area contributed by atoms with Crippen molar-refractivity contribution in [1.82, 2.24) is 19.5 Å². The topological polar surface area (TPSA) is 100 Å². The summed E-state index contributed by atoms with van der Waals surface area (Å²) in [7, 11) is -2.07. The molecule has 3 N–H and O–H groups in total. The van der Waals surface area contributed by atoms with Crippen molar-refractivity contribution in [2.24, 2.45) is 7.05 Å². The Hall–Kier alpha value is -3.01. The predicted molar refractivity (Wildman–Crippen MR) is 112 cm³/mol. The average molecular weight is 428 g/mol. The maximum atomic E-state index is 13.6. The zero-order chi connectivity index (χ0) is 21.3. The number of fused-ring (bicyclic) bond motifs is 1. The van der Waals surface area contributed by atoms with Crippen molar-refractivity contribution in [3.05, 3.63) is 72.3 Å². The second-order valence-corrected chi connectivity index (χ2v) is 8.71. The number of halogens is 1. The van der Waals surface area contributed by atoms with Gasteiger partial charge in [-0.1, -0.05) is 18.2 Å².